The molecule has 8 heteroatoms. The van der Waals surface area contributed by atoms with Crippen LogP contribution in [0.3, 0.4) is 0 Å². The molecule has 0 radical (unpaired) electrons. The van der Waals surface area contributed by atoms with Gasteiger partial charge in [0.05, 0.1) is 15.1 Å². The molecule has 3 rings (SSSR count). The molecule has 5 nitrogen and oxygen atoms in total. The first kappa shape index (κ1) is 17.9. The first-order valence-electron chi connectivity index (χ1n) is 7.50. The van der Waals surface area contributed by atoms with Gasteiger partial charge in [0, 0.05) is 24.1 Å². The molecule has 1 heterocycles. The number of anilines is 1. The Labute approximate surface area is 154 Å². The highest BCUT2D eigenvalue weighted by Crippen LogP contribution is 2.29. The van der Waals surface area contributed by atoms with E-state index in [9.17, 15) is 13.2 Å². The number of thiazole rings is 1. The number of hydrogen-bond donors (Lipinski definition) is 1. The third-order valence-corrected chi connectivity index (χ3v) is 6.67. The van der Waals surface area contributed by atoms with Crippen molar-refractivity contribution in [3.8, 4) is 0 Å². The summed E-state index contributed by atoms with van der Waals surface area (Å²) in [6.07, 6.45) is 1.46. The van der Waals surface area contributed by atoms with Gasteiger partial charge in [-0.3, -0.25) is 4.79 Å². The molecule has 130 valence electrons. The highest BCUT2D eigenvalue weighted by atomic mass is 32.2. The van der Waals surface area contributed by atoms with E-state index in [1.54, 1.807) is 35.2 Å². The zero-order valence-electron chi connectivity index (χ0n) is 13.4. The summed E-state index contributed by atoms with van der Waals surface area (Å²) in [6, 6.07) is 14.2. The summed E-state index contributed by atoms with van der Waals surface area (Å²) in [4.78, 5) is 16.7. The maximum Gasteiger partial charge on any atom is 0.225 e. The van der Waals surface area contributed by atoms with Gasteiger partial charge < -0.3 is 5.32 Å². The summed E-state index contributed by atoms with van der Waals surface area (Å²) >= 11 is 3.15. The first-order valence-corrected chi connectivity index (χ1v) is 11.2. The number of fused-ring (bicyclic) bond motifs is 1. The quantitative estimate of drug-likeness (QED) is 0.646. The Hall–Kier alpha value is -1.90. The first-order chi connectivity index (χ1) is 11.9. The average Bonchev–Trinajstić information content (AvgIpc) is 2.97. The third-order valence-electron chi connectivity index (χ3n) is 3.37. The van der Waals surface area contributed by atoms with Gasteiger partial charge in [-0.25, -0.2) is 13.4 Å². The van der Waals surface area contributed by atoms with E-state index < -0.39 is 9.84 Å². The smallest absolute Gasteiger partial charge is 0.225 e. The van der Waals surface area contributed by atoms with Crippen LogP contribution in [0.2, 0.25) is 0 Å². The number of hydrogen-bond acceptors (Lipinski definition) is 6. The van der Waals surface area contributed by atoms with Crippen LogP contribution < -0.4 is 5.32 Å². The fourth-order valence-corrected chi connectivity index (χ4v) is 4.92. The lowest BCUT2D eigenvalue weighted by Crippen LogP contribution is -2.12. The zero-order valence-corrected chi connectivity index (χ0v) is 15.9. The van der Waals surface area contributed by atoms with Crippen molar-refractivity contribution in [1.82, 2.24) is 4.98 Å². The second-order valence-electron chi connectivity index (χ2n) is 5.39. The average molecular weight is 393 g/mol. The number of thioether (sulfide) groups is 1. The van der Waals surface area contributed by atoms with E-state index >= 15 is 0 Å². The van der Waals surface area contributed by atoms with E-state index in [0.717, 1.165) is 20.8 Å². The highest BCUT2D eigenvalue weighted by molar-refractivity contribution is 8.01. The van der Waals surface area contributed by atoms with Gasteiger partial charge in [-0.1, -0.05) is 30.0 Å². The van der Waals surface area contributed by atoms with Crippen molar-refractivity contribution in [2.45, 2.75) is 15.7 Å². The van der Waals surface area contributed by atoms with E-state index in [0.29, 0.717) is 17.9 Å². The van der Waals surface area contributed by atoms with Crippen molar-refractivity contribution in [2.75, 3.05) is 17.3 Å². The Bertz CT molecular complexity index is 980. The van der Waals surface area contributed by atoms with Crippen molar-refractivity contribution in [3.05, 3.63) is 48.5 Å². The van der Waals surface area contributed by atoms with Crippen molar-refractivity contribution in [2.24, 2.45) is 0 Å². The molecule has 25 heavy (non-hydrogen) atoms. The van der Waals surface area contributed by atoms with Gasteiger partial charge >= 0.3 is 0 Å². The predicted molar refractivity (Wildman–Crippen MR) is 103 cm³/mol. The summed E-state index contributed by atoms with van der Waals surface area (Å²) in [5, 5.41) is 2.73. The number of rotatable bonds is 6. The molecular weight excluding hydrogens is 376 g/mol. The molecule has 3 aromatic rings. The van der Waals surface area contributed by atoms with E-state index in [1.165, 1.54) is 12.1 Å². The molecule has 1 N–H and O–H groups in total. The Morgan fingerprint density at radius 1 is 1.20 bits per heavy atom. The maximum atomic E-state index is 12.0. The van der Waals surface area contributed by atoms with E-state index in [1.807, 2.05) is 24.3 Å². The minimum Gasteiger partial charge on any atom is -0.326 e. The summed E-state index contributed by atoms with van der Waals surface area (Å²) in [7, 11) is -3.29. The number of amides is 1. The molecule has 0 bridgehead atoms. The molecule has 0 aliphatic carbocycles. The topological polar surface area (TPSA) is 76.1 Å². The molecule has 2 aromatic carbocycles. The molecule has 0 aliphatic heterocycles. The fraction of sp³-hybridized carbons (Fsp3) is 0.176. The Balaban J connectivity index is 1.54. The lowest BCUT2D eigenvalue weighted by atomic mass is 10.3. The molecule has 0 aliphatic rings. The molecule has 0 fully saturated rings. The van der Waals surface area contributed by atoms with Crippen LogP contribution in [0.25, 0.3) is 10.2 Å². The SMILES string of the molecule is CS(=O)(=O)c1cccc(NC(=O)CCSc2nc3ccccc3s2)c1. The van der Waals surface area contributed by atoms with E-state index in [4.69, 9.17) is 0 Å². The van der Waals surface area contributed by atoms with Crippen molar-refractivity contribution in [3.63, 3.8) is 0 Å². The molecule has 1 amide bonds. The van der Waals surface area contributed by atoms with Gasteiger partial charge in [0.25, 0.3) is 0 Å². The largest absolute Gasteiger partial charge is 0.326 e. The lowest BCUT2D eigenvalue weighted by molar-refractivity contribution is -0.115. The highest BCUT2D eigenvalue weighted by Gasteiger charge is 2.10. The van der Waals surface area contributed by atoms with Crippen molar-refractivity contribution < 1.29 is 13.2 Å². The molecule has 0 saturated carbocycles. The minimum absolute atomic E-state index is 0.153. The number of benzene rings is 2. The second kappa shape index (κ2) is 7.55. The van der Waals surface area contributed by atoms with Crippen LogP contribution in [0, 0.1) is 0 Å². The number of nitrogens with one attached hydrogen (secondary N) is 1. The molecule has 1 aromatic heterocycles. The standard InChI is InChI=1S/C17H16N2O3S3/c1-25(21,22)13-6-4-5-12(11-13)18-16(20)9-10-23-17-19-14-7-2-3-8-15(14)24-17/h2-8,11H,9-10H2,1H3,(H,18,20). The Morgan fingerprint density at radius 3 is 2.76 bits per heavy atom. The van der Waals surface area contributed by atoms with Crippen LogP contribution in [-0.2, 0) is 14.6 Å². The predicted octanol–water partition coefficient (Wildman–Crippen LogP) is 3.82. The molecular formula is C17H16N2O3S3. The van der Waals surface area contributed by atoms with Crippen molar-refractivity contribution in [1.29, 1.82) is 0 Å². The normalized spacial score (nSPS) is 11.6. The number of para-hydroxylation sites is 1. The lowest BCUT2D eigenvalue weighted by Gasteiger charge is -2.06. The van der Waals surface area contributed by atoms with Gasteiger partial charge in [0.15, 0.2) is 14.2 Å². The van der Waals surface area contributed by atoms with E-state index in [-0.39, 0.29) is 10.8 Å². The number of sulfone groups is 1. The van der Waals surface area contributed by atoms with Gasteiger partial charge in [0.2, 0.25) is 5.91 Å². The molecule has 0 saturated heterocycles. The van der Waals surface area contributed by atoms with Gasteiger partial charge in [-0.15, -0.1) is 11.3 Å². The number of aromatic nitrogens is 1. The van der Waals surface area contributed by atoms with Crippen LogP contribution in [0.5, 0.6) is 0 Å². The van der Waals surface area contributed by atoms with Gasteiger partial charge in [0.1, 0.15) is 0 Å². The van der Waals surface area contributed by atoms with Gasteiger partial charge in [-0.2, -0.15) is 0 Å². The molecule has 0 atom stereocenters. The monoisotopic (exact) mass is 392 g/mol. The van der Waals surface area contributed by atoms with Crippen molar-refractivity contribution >= 4 is 54.7 Å². The Morgan fingerprint density at radius 2 is 2.00 bits per heavy atom. The van der Waals surface area contributed by atoms with Crippen LogP contribution in [0.1, 0.15) is 6.42 Å². The van der Waals surface area contributed by atoms with Crippen LogP contribution >= 0.6 is 23.1 Å². The molecule has 0 spiro atoms. The Kier molecular flexibility index (Phi) is 5.41. The zero-order chi connectivity index (χ0) is 17.9. The van der Waals surface area contributed by atoms with Crippen LogP contribution in [-0.4, -0.2) is 31.3 Å². The summed E-state index contributed by atoms with van der Waals surface area (Å²) in [6.45, 7) is 0. The summed E-state index contributed by atoms with van der Waals surface area (Å²) < 4.78 is 25.2. The minimum atomic E-state index is -3.29. The van der Waals surface area contributed by atoms with E-state index in [2.05, 4.69) is 10.3 Å². The number of carbonyl (C=O) groups excluding carboxylic acids is 1. The van der Waals surface area contributed by atoms with Crippen LogP contribution in [0.15, 0.2) is 57.8 Å². The molecule has 0 unspecified atom stereocenters. The van der Waals surface area contributed by atoms with Gasteiger partial charge in [-0.05, 0) is 30.3 Å². The van der Waals surface area contributed by atoms with Crippen LogP contribution in [0.4, 0.5) is 5.69 Å². The fourth-order valence-electron chi connectivity index (χ4n) is 2.17. The number of nitrogens with zero attached hydrogens (tertiary/aromatic N) is 1. The number of carbonyl (C=O) groups is 1. The second-order valence-corrected chi connectivity index (χ2v) is 9.78. The maximum absolute atomic E-state index is 12.0. The third kappa shape index (κ3) is 4.81. The summed E-state index contributed by atoms with van der Waals surface area (Å²) in [5.74, 6) is 0.455. The summed E-state index contributed by atoms with van der Waals surface area (Å²) in [5.41, 5.74) is 1.45.